The molecule has 1 unspecified atom stereocenters. The molecule has 1 aromatic heterocycles. The van der Waals surface area contributed by atoms with Crippen LogP contribution in [0.3, 0.4) is 0 Å². The fourth-order valence-electron chi connectivity index (χ4n) is 4.41. The number of carbonyl (C=O) groups excluding carboxylic acids is 1. The van der Waals surface area contributed by atoms with E-state index < -0.39 is 15.7 Å². The first-order valence-electron chi connectivity index (χ1n) is 11.8. The topological polar surface area (TPSA) is 81.5 Å². The number of amides is 1. The number of aromatic nitrogens is 2. The largest absolute Gasteiger partial charge is 0.376 e. The molecule has 4 rings (SSSR count). The van der Waals surface area contributed by atoms with Crippen molar-refractivity contribution >= 4 is 27.3 Å². The average molecular weight is 534 g/mol. The van der Waals surface area contributed by atoms with Crippen LogP contribution >= 0.6 is 11.6 Å². The Morgan fingerprint density at radius 2 is 2.00 bits per heavy atom. The van der Waals surface area contributed by atoms with Crippen LogP contribution in [0.1, 0.15) is 54.3 Å². The summed E-state index contributed by atoms with van der Waals surface area (Å²) < 4.78 is 47.5. The summed E-state index contributed by atoms with van der Waals surface area (Å²) in [6.45, 7) is 4.85. The Balaban J connectivity index is 1.65. The molecule has 1 fully saturated rings. The summed E-state index contributed by atoms with van der Waals surface area (Å²) in [4.78, 5) is 19.3. The van der Waals surface area contributed by atoms with Crippen LogP contribution in [0.4, 0.5) is 4.39 Å². The second-order valence-corrected chi connectivity index (χ2v) is 11.5. The summed E-state index contributed by atoms with van der Waals surface area (Å²) in [5, 5.41) is 0.401. The summed E-state index contributed by atoms with van der Waals surface area (Å²) in [5.74, 6) is -0.958. The smallest absolute Gasteiger partial charge is 0.254 e. The Morgan fingerprint density at radius 1 is 1.25 bits per heavy atom. The standard InChI is InChI=1S/C26H29ClFN3O4S/c1-18(2)31-23(14-29-26(31)36(33,34)17-19-5-3-6-21(27)13-19)15-30(16-24-7-4-12-35-24)25(32)20-8-10-22(28)11-9-20/h3,5-6,8-11,13-14,18,24H,4,7,12,15-17H2,1-2H3. The molecule has 3 aromatic rings. The molecule has 1 saturated heterocycles. The maximum Gasteiger partial charge on any atom is 0.254 e. The fraction of sp³-hybridized carbons (Fsp3) is 0.385. The molecule has 192 valence electrons. The van der Waals surface area contributed by atoms with Crippen molar-refractivity contribution < 1.29 is 22.3 Å². The molecule has 1 atom stereocenters. The van der Waals surface area contributed by atoms with Gasteiger partial charge in [0.05, 0.1) is 30.3 Å². The number of hydrogen-bond donors (Lipinski definition) is 0. The number of imidazole rings is 1. The van der Waals surface area contributed by atoms with Crippen LogP contribution in [0.2, 0.25) is 5.02 Å². The van der Waals surface area contributed by atoms with Crippen molar-refractivity contribution in [2.45, 2.75) is 56.3 Å². The van der Waals surface area contributed by atoms with Gasteiger partial charge in [0.25, 0.3) is 5.91 Å². The molecule has 0 saturated carbocycles. The Labute approximate surface area is 215 Å². The molecular formula is C26H29ClFN3O4S. The summed E-state index contributed by atoms with van der Waals surface area (Å²) in [6, 6.07) is 11.9. The predicted molar refractivity (Wildman–Crippen MR) is 135 cm³/mol. The first-order valence-corrected chi connectivity index (χ1v) is 13.9. The maximum atomic E-state index is 13.4. The van der Waals surface area contributed by atoms with Gasteiger partial charge >= 0.3 is 0 Å². The maximum absolute atomic E-state index is 13.4. The lowest BCUT2D eigenvalue weighted by atomic mass is 10.1. The molecule has 10 heteroatoms. The van der Waals surface area contributed by atoms with Crippen LogP contribution in [0.25, 0.3) is 0 Å². The normalized spacial score (nSPS) is 16.0. The van der Waals surface area contributed by atoms with Gasteiger partial charge in [0.15, 0.2) is 0 Å². The van der Waals surface area contributed by atoms with Crippen LogP contribution in [-0.2, 0) is 26.9 Å². The van der Waals surface area contributed by atoms with Gasteiger partial charge in [-0.1, -0.05) is 23.7 Å². The van der Waals surface area contributed by atoms with Gasteiger partial charge in [-0.05, 0) is 68.7 Å². The van der Waals surface area contributed by atoms with Crippen molar-refractivity contribution in [3.05, 3.63) is 82.4 Å². The molecule has 2 aromatic carbocycles. The SMILES string of the molecule is CC(C)n1c(CN(CC2CCCO2)C(=O)c2ccc(F)cc2)cnc1S(=O)(=O)Cc1cccc(Cl)c1. The summed E-state index contributed by atoms with van der Waals surface area (Å²) in [5.41, 5.74) is 1.50. The Morgan fingerprint density at radius 3 is 2.64 bits per heavy atom. The lowest BCUT2D eigenvalue weighted by Crippen LogP contribution is -2.37. The molecule has 1 aliphatic rings. The summed E-state index contributed by atoms with van der Waals surface area (Å²) in [6.07, 6.45) is 3.14. The molecule has 1 amide bonds. The third-order valence-corrected chi connectivity index (χ3v) is 7.87. The minimum absolute atomic E-state index is 0.0567. The molecule has 0 bridgehead atoms. The van der Waals surface area contributed by atoms with Gasteiger partial charge in [-0.2, -0.15) is 0 Å². The van der Waals surface area contributed by atoms with Crippen LogP contribution in [-0.4, -0.2) is 48.0 Å². The van der Waals surface area contributed by atoms with Crippen molar-refractivity contribution in [1.82, 2.24) is 14.5 Å². The molecule has 36 heavy (non-hydrogen) atoms. The van der Waals surface area contributed by atoms with Crippen LogP contribution in [0, 0.1) is 5.82 Å². The highest BCUT2D eigenvalue weighted by molar-refractivity contribution is 7.90. The quantitative estimate of drug-likeness (QED) is 0.384. The van der Waals surface area contributed by atoms with E-state index in [0.29, 0.717) is 35.0 Å². The van der Waals surface area contributed by atoms with Gasteiger partial charge in [0.1, 0.15) is 5.82 Å². The molecule has 0 aliphatic carbocycles. The van der Waals surface area contributed by atoms with E-state index in [-0.39, 0.29) is 35.5 Å². The van der Waals surface area contributed by atoms with E-state index in [4.69, 9.17) is 16.3 Å². The van der Waals surface area contributed by atoms with E-state index in [0.717, 1.165) is 12.8 Å². The Kier molecular flexibility index (Phi) is 8.12. The van der Waals surface area contributed by atoms with Gasteiger partial charge in [-0.25, -0.2) is 17.8 Å². The van der Waals surface area contributed by atoms with Crippen molar-refractivity contribution in [2.75, 3.05) is 13.2 Å². The van der Waals surface area contributed by atoms with Gasteiger partial charge in [-0.3, -0.25) is 4.79 Å². The van der Waals surface area contributed by atoms with Crippen LogP contribution in [0.5, 0.6) is 0 Å². The second-order valence-electron chi connectivity index (χ2n) is 9.21. The second kappa shape index (κ2) is 11.1. The molecule has 0 spiro atoms. The zero-order chi connectivity index (χ0) is 25.9. The van der Waals surface area contributed by atoms with Gasteiger partial charge in [-0.15, -0.1) is 0 Å². The molecule has 7 nitrogen and oxygen atoms in total. The van der Waals surface area contributed by atoms with Crippen molar-refractivity contribution in [2.24, 2.45) is 0 Å². The lowest BCUT2D eigenvalue weighted by Gasteiger charge is -2.27. The number of carbonyl (C=O) groups is 1. The van der Waals surface area contributed by atoms with Gasteiger partial charge in [0.2, 0.25) is 15.0 Å². The van der Waals surface area contributed by atoms with E-state index >= 15 is 0 Å². The Bertz CT molecular complexity index is 1320. The lowest BCUT2D eigenvalue weighted by molar-refractivity contribution is 0.0500. The highest BCUT2D eigenvalue weighted by atomic mass is 35.5. The number of benzene rings is 2. The summed E-state index contributed by atoms with van der Waals surface area (Å²) in [7, 11) is -3.80. The fourth-order valence-corrected chi connectivity index (χ4v) is 6.21. The predicted octanol–water partition coefficient (Wildman–Crippen LogP) is 5.05. The van der Waals surface area contributed by atoms with Crippen LogP contribution in [0.15, 0.2) is 59.9 Å². The summed E-state index contributed by atoms with van der Waals surface area (Å²) >= 11 is 6.04. The number of nitrogens with zero attached hydrogens (tertiary/aromatic N) is 3. The Hall–Kier alpha value is -2.75. The molecule has 0 N–H and O–H groups in total. The molecular weight excluding hydrogens is 505 g/mol. The first-order chi connectivity index (χ1) is 17.1. The van der Waals surface area contributed by atoms with Gasteiger partial charge in [0, 0.05) is 29.8 Å². The highest BCUT2D eigenvalue weighted by Gasteiger charge is 2.29. The minimum Gasteiger partial charge on any atom is -0.376 e. The van der Waals surface area contributed by atoms with E-state index in [1.165, 1.54) is 30.5 Å². The van der Waals surface area contributed by atoms with E-state index in [2.05, 4.69) is 4.98 Å². The monoisotopic (exact) mass is 533 g/mol. The third-order valence-electron chi connectivity index (χ3n) is 6.06. The zero-order valence-electron chi connectivity index (χ0n) is 20.2. The number of hydrogen-bond acceptors (Lipinski definition) is 5. The average Bonchev–Trinajstić information content (AvgIpc) is 3.49. The third kappa shape index (κ3) is 6.14. The zero-order valence-corrected chi connectivity index (χ0v) is 21.8. The number of sulfone groups is 1. The van der Waals surface area contributed by atoms with Crippen molar-refractivity contribution in [3.8, 4) is 0 Å². The number of rotatable bonds is 9. The molecule has 0 radical (unpaired) electrons. The molecule has 2 heterocycles. The van der Waals surface area contributed by atoms with Crippen LogP contribution < -0.4 is 0 Å². The van der Waals surface area contributed by atoms with Gasteiger partial charge < -0.3 is 14.2 Å². The number of ether oxygens (including phenoxy) is 1. The van der Waals surface area contributed by atoms with Crippen molar-refractivity contribution in [3.63, 3.8) is 0 Å². The first kappa shape index (κ1) is 26.3. The highest BCUT2D eigenvalue weighted by Crippen LogP contribution is 2.25. The minimum atomic E-state index is -3.80. The van der Waals surface area contributed by atoms with E-state index in [9.17, 15) is 17.6 Å². The van der Waals surface area contributed by atoms with Crippen molar-refractivity contribution in [1.29, 1.82) is 0 Å². The van der Waals surface area contributed by atoms with E-state index in [1.807, 2.05) is 13.8 Å². The number of halogens is 2. The molecule has 1 aliphatic heterocycles. The van der Waals surface area contributed by atoms with E-state index in [1.54, 1.807) is 33.7 Å².